The van der Waals surface area contributed by atoms with Crippen molar-refractivity contribution in [2.45, 2.75) is 29.5 Å². The monoisotopic (exact) mass is 304 g/mol. The maximum absolute atomic E-state index is 12.3. The van der Waals surface area contributed by atoms with Crippen LogP contribution in [0.4, 0.5) is 14.5 Å². The van der Waals surface area contributed by atoms with Gasteiger partial charge in [0.15, 0.2) is 0 Å². The van der Waals surface area contributed by atoms with Crippen molar-refractivity contribution in [2.24, 2.45) is 0 Å². The fourth-order valence-electron chi connectivity index (χ4n) is 1.97. The second-order valence-electron chi connectivity index (χ2n) is 4.47. The van der Waals surface area contributed by atoms with E-state index in [0.29, 0.717) is 5.69 Å². The van der Waals surface area contributed by atoms with Gasteiger partial charge < -0.3 is 10.6 Å². The van der Waals surface area contributed by atoms with Crippen LogP contribution in [0.5, 0.6) is 0 Å². The Bertz CT molecular complexity index is 581. The maximum atomic E-state index is 12.3. The molecule has 1 heterocycles. The van der Waals surface area contributed by atoms with Gasteiger partial charge in [0.2, 0.25) is 15.7 Å². The molecule has 1 saturated heterocycles. The summed E-state index contributed by atoms with van der Waals surface area (Å²) in [6.07, 6.45) is 1.66. The van der Waals surface area contributed by atoms with Crippen molar-refractivity contribution in [3.8, 4) is 0 Å². The molecule has 0 aliphatic carbocycles. The zero-order chi connectivity index (χ0) is 14.8. The van der Waals surface area contributed by atoms with Crippen molar-refractivity contribution in [2.75, 3.05) is 11.9 Å². The van der Waals surface area contributed by atoms with Crippen LogP contribution in [0.1, 0.15) is 12.8 Å². The van der Waals surface area contributed by atoms with Crippen LogP contribution in [0, 0.1) is 0 Å². The number of carbonyl (C=O) groups excluding carboxylic acids is 1. The number of benzene rings is 1. The molecule has 0 aromatic heterocycles. The van der Waals surface area contributed by atoms with Crippen LogP contribution < -0.4 is 10.6 Å². The van der Waals surface area contributed by atoms with Gasteiger partial charge >= 0.3 is 5.76 Å². The van der Waals surface area contributed by atoms with Crippen LogP contribution in [0.2, 0.25) is 0 Å². The second kappa shape index (κ2) is 5.84. The van der Waals surface area contributed by atoms with E-state index in [1.165, 1.54) is 12.1 Å². The molecule has 0 spiro atoms. The number of rotatable bonds is 4. The van der Waals surface area contributed by atoms with Gasteiger partial charge in [0.1, 0.15) is 0 Å². The molecule has 1 aliphatic rings. The van der Waals surface area contributed by atoms with Gasteiger partial charge in [0.25, 0.3) is 0 Å². The van der Waals surface area contributed by atoms with E-state index in [0.717, 1.165) is 31.5 Å². The summed E-state index contributed by atoms with van der Waals surface area (Å²) in [6.45, 7) is 0.781. The molecule has 5 nitrogen and oxygen atoms in total. The van der Waals surface area contributed by atoms with Crippen LogP contribution in [-0.2, 0) is 14.6 Å². The van der Waals surface area contributed by atoms with E-state index in [4.69, 9.17) is 0 Å². The molecule has 0 saturated carbocycles. The number of alkyl halides is 2. The minimum Gasteiger partial charge on any atom is -0.325 e. The molecule has 2 N–H and O–H groups in total. The lowest BCUT2D eigenvalue weighted by molar-refractivity contribution is -0.117. The molecule has 1 fully saturated rings. The van der Waals surface area contributed by atoms with Crippen molar-refractivity contribution in [1.82, 2.24) is 5.32 Å². The third-order valence-electron chi connectivity index (χ3n) is 3.06. The summed E-state index contributed by atoms with van der Waals surface area (Å²) in [5.74, 6) is -3.67. The van der Waals surface area contributed by atoms with Gasteiger partial charge in [-0.2, -0.15) is 8.78 Å². The first-order valence-electron chi connectivity index (χ1n) is 6.07. The molecule has 8 heteroatoms. The van der Waals surface area contributed by atoms with E-state index in [9.17, 15) is 22.0 Å². The predicted molar refractivity (Wildman–Crippen MR) is 69.3 cm³/mol. The molecule has 1 atom stereocenters. The summed E-state index contributed by atoms with van der Waals surface area (Å²) in [5.41, 5.74) is 0.372. The van der Waals surface area contributed by atoms with Crippen LogP contribution in [0.3, 0.4) is 0 Å². The normalized spacial score (nSPS) is 19.2. The Balaban J connectivity index is 2.07. The number of amides is 1. The van der Waals surface area contributed by atoms with E-state index in [2.05, 4.69) is 10.6 Å². The summed E-state index contributed by atoms with van der Waals surface area (Å²) in [7, 11) is -4.60. The van der Waals surface area contributed by atoms with Crippen molar-refractivity contribution < 1.29 is 22.0 Å². The summed E-state index contributed by atoms with van der Waals surface area (Å²) in [6, 6.07) is 4.43. The van der Waals surface area contributed by atoms with E-state index in [-0.39, 0.29) is 11.9 Å². The first kappa shape index (κ1) is 14.9. The molecule has 1 aromatic carbocycles. The molecule has 1 amide bonds. The number of hydrogen-bond acceptors (Lipinski definition) is 4. The van der Waals surface area contributed by atoms with Gasteiger partial charge in [-0.05, 0) is 43.7 Å². The van der Waals surface area contributed by atoms with Gasteiger partial charge in [-0.1, -0.05) is 0 Å². The van der Waals surface area contributed by atoms with Gasteiger partial charge in [-0.25, -0.2) is 8.42 Å². The van der Waals surface area contributed by atoms with Crippen LogP contribution >= 0.6 is 0 Å². The number of carbonyl (C=O) groups is 1. The number of halogens is 2. The van der Waals surface area contributed by atoms with Crippen molar-refractivity contribution >= 4 is 21.4 Å². The molecule has 1 unspecified atom stereocenters. The van der Waals surface area contributed by atoms with E-state index in [1.807, 2.05) is 0 Å². The summed E-state index contributed by atoms with van der Waals surface area (Å²) >= 11 is 0. The molecule has 20 heavy (non-hydrogen) atoms. The zero-order valence-electron chi connectivity index (χ0n) is 10.5. The largest absolute Gasteiger partial charge is 0.341 e. The van der Waals surface area contributed by atoms with Crippen molar-refractivity contribution in [3.05, 3.63) is 24.3 Å². The molecule has 0 radical (unpaired) electrons. The lowest BCUT2D eigenvalue weighted by atomic mass is 10.2. The molecule has 2 rings (SSSR count). The molecular formula is C12H14F2N2O3S. The molecule has 0 bridgehead atoms. The average Bonchev–Trinajstić information content (AvgIpc) is 2.93. The number of nitrogens with one attached hydrogen (secondary N) is 2. The predicted octanol–water partition coefficient (Wildman–Crippen LogP) is 1.37. The fourth-order valence-corrected chi connectivity index (χ4v) is 2.69. The van der Waals surface area contributed by atoms with Crippen molar-refractivity contribution in [1.29, 1.82) is 0 Å². The molecule has 1 aromatic rings. The topological polar surface area (TPSA) is 75.3 Å². The lowest BCUT2D eigenvalue weighted by Crippen LogP contribution is -2.35. The Morgan fingerprint density at radius 2 is 1.95 bits per heavy atom. The zero-order valence-corrected chi connectivity index (χ0v) is 11.3. The van der Waals surface area contributed by atoms with Gasteiger partial charge in [0.05, 0.1) is 10.9 Å². The maximum Gasteiger partial charge on any atom is 0.341 e. The summed E-state index contributed by atoms with van der Waals surface area (Å²) in [4.78, 5) is 11.3. The Labute approximate surface area is 115 Å². The Hall–Kier alpha value is -1.54. The highest BCUT2D eigenvalue weighted by molar-refractivity contribution is 7.91. The average molecular weight is 304 g/mol. The van der Waals surface area contributed by atoms with Crippen molar-refractivity contribution in [3.63, 3.8) is 0 Å². The van der Waals surface area contributed by atoms with Crippen LogP contribution in [0.25, 0.3) is 0 Å². The smallest absolute Gasteiger partial charge is 0.325 e. The Morgan fingerprint density at radius 1 is 1.30 bits per heavy atom. The minimum absolute atomic E-state index is 0.216. The standard InChI is InChI=1S/C12H14F2N2O3S/c13-12(14)20(18,19)9-5-3-8(4-6-9)16-11(17)10-2-1-7-15-10/h3-6,10,12,15H,1-2,7H2,(H,16,17). The number of anilines is 1. The van der Waals surface area contributed by atoms with Gasteiger partial charge in [-0.15, -0.1) is 0 Å². The van der Waals surface area contributed by atoms with Gasteiger partial charge in [0, 0.05) is 5.69 Å². The molecular weight excluding hydrogens is 290 g/mol. The third-order valence-corrected chi connectivity index (χ3v) is 4.46. The van der Waals surface area contributed by atoms with E-state index >= 15 is 0 Å². The lowest BCUT2D eigenvalue weighted by Gasteiger charge is -2.11. The summed E-state index contributed by atoms with van der Waals surface area (Å²) < 4.78 is 47.1. The fraction of sp³-hybridized carbons (Fsp3) is 0.417. The highest BCUT2D eigenvalue weighted by atomic mass is 32.2. The summed E-state index contributed by atoms with van der Waals surface area (Å²) in [5, 5.41) is 5.63. The van der Waals surface area contributed by atoms with E-state index < -0.39 is 20.5 Å². The molecule has 1 aliphatic heterocycles. The Morgan fingerprint density at radius 3 is 2.45 bits per heavy atom. The van der Waals surface area contributed by atoms with Crippen LogP contribution in [0.15, 0.2) is 29.2 Å². The highest BCUT2D eigenvalue weighted by Crippen LogP contribution is 2.20. The van der Waals surface area contributed by atoms with Crippen LogP contribution in [-0.4, -0.2) is 32.7 Å². The second-order valence-corrected chi connectivity index (χ2v) is 6.39. The third kappa shape index (κ3) is 3.13. The van der Waals surface area contributed by atoms with E-state index in [1.54, 1.807) is 0 Å². The SMILES string of the molecule is O=C(Nc1ccc(S(=O)(=O)C(F)F)cc1)C1CCCN1. The first-order valence-corrected chi connectivity index (χ1v) is 7.62. The Kier molecular flexibility index (Phi) is 4.34. The first-order chi connectivity index (χ1) is 9.41. The minimum atomic E-state index is -4.60. The number of hydrogen-bond donors (Lipinski definition) is 2. The quantitative estimate of drug-likeness (QED) is 0.881. The number of sulfone groups is 1. The van der Waals surface area contributed by atoms with Gasteiger partial charge in [-0.3, -0.25) is 4.79 Å². The molecule has 110 valence electrons. The highest BCUT2D eigenvalue weighted by Gasteiger charge is 2.26.